The lowest BCUT2D eigenvalue weighted by molar-refractivity contribution is -0.141. The van der Waals surface area contributed by atoms with Gasteiger partial charge in [-0.3, -0.25) is 4.79 Å². The fraction of sp³-hybridized carbons (Fsp3) is 0.611. The van der Waals surface area contributed by atoms with Gasteiger partial charge in [0.2, 0.25) is 0 Å². The van der Waals surface area contributed by atoms with Gasteiger partial charge in [0.1, 0.15) is 12.4 Å². The topological polar surface area (TPSA) is 98.5 Å². The van der Waals surface area contributed by atoms with E-state index >= 15 is 0 Å². The number of carbonyl (C=O) groups is 1. The molecule has 0 spiro atoms. The van der Waals surface area contributed by atoms with Crippen LogP contribution in [0.4, 0.5) is 5.69 Å². The number of nitrogens with two attached hydrogens (primary N) is 1. The first-order valence-electron chi connectivity index (χ1n) is 8.58. The van der Waals surface area contributed by atoms with E-state index in [1.807, 2.05) is 12.1 Å². The molecule has 0 amide bonds. The maximum Gasteiger partial charge on any atom is 0.307 e. The first-order valence-corrected chi connectivity index (χ1v) is 8.58. The summed E-state index contributed by atoms with van der Waals surface area (Å²) in [6.07, 6.45) is 0.255. The summed E-state index contributed by atoms with van der Waals surface area (Å²) in [6, 6.07) is 7.23. The lowest BCUT2D eigenvalue weighted by Gasteiger charge is -2.08. The molecule has 1 aromatic carbocycles. The molecule has 0 radical (unpaired) electrons. The molecule has 0 aliphatic rings. The van der Waals surface area contributed by atoms with E-state index < -0.39 is 0 Å². The third-order valence-electron chi connectivity index (χ3n) is 3.17. The lowest BCUT2D eigenvalue weighted by Crippen LogP contribution is -2.14. The van der Waals surface area contributed by atoms with Crippen LogP contribution in [0.5, 0.6) is 5.75 Å². The van der Waals surface area contributed by atoms with Gasteiger partial charge in [-0.05, 0) is 24.3 Å². The predicted octanol–water partition coefficient (Wildman–Crippen LogP) is 1.28. The monoisotopic (exact) mass is 371 g/mol. The van der Waals surface area contributed by atoms with E-state index in [1.165, 1.54) is 7.11 Å². The van der Waals surface area contributed by atoms with Crippen LogP contribution in [-0.2, 0) is 28.5 Å². The standard InChI is InChI=1S/C18H29NO7/c1-21-18(20)6-7-22-8-9-23-10-11-24-12-13-25-14-15-26-17-4-2-16(19)3-5-17/h2-5H,6-15,19H2,1H3. The van der Waals surface area contributed by atoms with Crippen LogP contribution in [-0.4, -0.2) is 72.5 Å². The normalized spacial score (nSPS) is 10.7. The van der Waals surface area contributed by atoms with E-state index in [0.717, 1.165) is 5.75 Å². The van der Waals surface area contributed by atoms with Crippen LogP contribution in [0.15, 0.2) is 24.3 Å². The van der Waals surface area contributed by atoms with Crippen LogP contribution in [0.25, 0.3) is 0 Å². The van der Waals surface area contributed by atoms with Gasteiger partial charge in [-0.1, -0.05) is 0 Å². The van der Waals surface area contributed by atoms with Gasteiger partial charge in [-0.2, -0.15) is 0 Å². The van der Waals surface area contributed by atoms with Crippen molar-refractivity contribution in [3.63, 3.8) is 0 Å². The second-order valence-corrected chi connectivity index (χ2v) is 5.19. The van der Waals surface area contributed by atoms with Gasteiger partial charge in [0.25, 0.3) is 0 Å². The van der Waals surface area contributed by atoms with Gasteiger partial charge in [0, 0.05) is 5.69 Å². The average molecular weight is 371 g/mol. The van der Waals surface area contributed by atoms with Gasteiger partial charge >= 0.3 is 5.97 Å². The van der Waals surface area contributed by atoms with Crippen LogP contribution in [0.2, 0.25) is 0 Å². The van der Waals surface area contributed by atoms with Crippen molar-refractivity contribution in [2.24, 2.45) is 0 Å². The van der Waals surface area contributed by atoms with Crippen molar-refractivity contribution >= 4 is 11.7 Å². The van der Waals surface area contributed by atoms with E-state index in [0.29, 0.717) is 65.1 Å². The van der Waals surface area contributed by atoms with Crippen LogP contribution < -0.4 is 10.5 Å². The lowest BCUT2D eigenvalue weighted by atomic mass is 10.3. The maximum absolute atomic E-state index is 10.8. The molecule has 0 unspecified atom stereocenters. The molecule has 148 valence electrons. The molecule has 0 aromatic heterocycles. The largest absolute Gasteiger partial charge is 0.491 e. The molecule has 0 atom stereocenters. The molecule has 2 N–H and O–H groups in total. The molecule has 1 rings (SSSR count). The highest BCUT2D eigenvalue weighted by Crippen LogP contribution is 2.12. The number of anilines is 1. The van der Waals surface area contributed by atoms with Crippen molar-refractivity contribution in [1.82, 2.24) is 0 Å². The number of carbonyl (C=O) groups excluding carboxylic acids is 1. The summed E-state index contributed by atoms with van der Waals surface area (Å²) in [5.41, 5.74) is 6.31. The van der Waals surface area contributed by atoms with E-state index in [1.54, 1.807) is 12.1 Å². The number of rotatable bonds is 16. The molecule has 0 saturated heterocycles. The van der Waals surface area contributed by atoms with Gasteiger partial charge in [0.15, 0.2) is 0 Å². The number of ether oxygens (including phenoxy) is 6. The predicted molar refractivity (Wildman–Crippen MR) is 96.3 cm³/mol. The SMILES string of the molecule is COC(=O)CCOCCOCCOCCOCCOc1ccc(N)cc1. The zero-order chi connectivity index (χ0) is 18.9. The third kappa shape index (κ3) is 12.5. The van der Waals surface area contributed by atoms with E-state index in [2.05, 4.69) is 4.74 Å². The first-order chi connectivity index (χ1) is 12.7. The molecule has 0 bridgehead atoms. The molecular formula is C18H29NO7. The molecule has 0 aliphatic carbocycles. The molecule has 0 fully saturated rings. The second-order valence-electron chi connectivity index (χ2n) is 5.19. The zero-order valence-electron chi connectivity index (χ0n) is 15.3. The molecule has 8 heteroatoms. The Labute approximate surface area is 154 Å². The summed E-state index contributed by atoms with van der Waals surface area (Å²) in [7, 11) is 1.35. The molecular weight excluding hydrogens is 342 g/mol. The summed E-state index contributed by atoms with van der Waals surface area (Å²) >= 11 is 0. The minimum Gasteiger partial charge on any atom is -0.491 e. The molecule has 0 aliphatic heterocycles. The quantitative estimate of drug-likeness (QED) is 0.264. The summed E-state index contributed by atoms with van der Waals surface area (Å²) in [5, 5.41) is 0. The summed E-state index contributed by atoms with van der Waals surface area (Å²) < 4.78 is 31.3. The fourth-order valence-electron chi connectivity index (χ4n) is 1.80. The Balaban J connectivity index is 1.75. The highest BCUT2D eigenvalue weighted by Gasteiger charge is 1.99. The number of methoxy groups -OCH3 is 1. The minimum absolute atomic E-state index is 0.255. The smallest absolute Gasteiger partial charge is 0.307 e. The average Bonchev–Trinajstić information content (AvgIpc) is 2.66. The molecule has 0 heterocycles. The summed E-state index contributed by atoms with van der Waals surface area (Å²) in [5.74, 6) is 0.490. The van der Waals surface area contributed by atoms with Gasteiger partial charge < -0.3 is 34.2 Å². The fourth-order valence-corrected chi connectivity index (χ4v) is 1.80. The minimum atomic E-state index is -0.279. The zero-order valence-corrected chi connectivity index (χ0v) is 15.3. The second kappa shape index (κ2) is 15.4. The van der Waals surface area contributed by atoms with Gasteiger partial charge in [-0.25, -0.2) is 0 Å². The van der Waals surface area contributed by atoms with Crippen LogP contribution >= 0.6 is 0 Å². The Morgan fingerprint density at radius 1 is 0.769 bits per heavy atom. The Bertz CT molecular complexity index is 467. The number of hydrogen-bond donors (Lipinski definition) is 1. The Kier molecular flexibility index (Phi) is 13.1. The van der Waals surface area contributed by atoms with E-state index in [4.69, 9.17) is 29.4 Å². The number of benzene rings is 1. The number of hydrogen-bond acceptors (Lipinski definition) is 8. The molecule has 1 aromatic rings. The molecule has 26 heavy (non-hydrogen) atoms. The van der Waals surface area contributed by atoms with Crippen LogP contribution in [0.3, 0.4) is 0 Å². The first kappa shape index (κ1) is 22.2. The van der Waals surface area contributed by atoms with Crippen LogP contribution in [0.1, 0.15) is 6.42 Å². The number of nitrogen functional groups attached to an aromatic ring is 1. The highest BCUT2D eigenvalue weighted by molar-refractivity contribution is 5.69. The van der Waals surface area contributed by atoms with E-state index in [-0.39, 0.29) is 12.4 Å². The Morgan fingerprint density at radius 2 is 1.23 bits per heavy atom. The third-order valence-corrected chi connectivity index (χ3v) is 3.17. The Hall–Kier alpha value is -1.87. The van der Waals surface area contributed by atoms with Crippen molar-refractivity contribution in [2.75, 3.05) is 72.3 Å². The van der Waals surface area contributed by atoms with Gasteiger partial charge in [-0.15, -0.1) is 0 Å². The van der Waals surface area contributed by atoms with E-state index in [9.17, 15) is 4.79 Å². The van der Waals surface area contributed by atoms with Crippen molar-refractivity contribution in [1.29, 1.82) is 0 Å². The van der Waals surface area contributed by atoms with Gasteiger partial charge in [0.05, 0.1) is 66.4 Å². The molecule has 0 saturated carbocycles. The van der Waals surface area contributed by atoms with Crippen molar-refractivity contribution in [3.8, 4) is 5.75 Å². The Morgan fingerprint density at radius 3 is 1.73 bits per heavy atom. The maximum atomic E-state index is 10.8. The van der Waals surface area contributed by atoms with Crippen molar-refractivity contribution in [2.45, 2.75) is 6.42 Å². The summed E-state index contributed by atoms with van der Waals surface area (Å²) in [4.78, 5) is 10.8. The number of esters is 1. The van der Waals surface area contributed by atoms with Crippen molar-refractivity contribution in [3.05, 3.63) is 24.3 Å². The molecule has 8 nitrogen and oxygen atoms in total. The van der Waals surface area contributed by atoms with Crippen LogP contribution in [0, 0.1) is 0 Å². The van der Waals surface area contributed by atoms with Crippen molar-refractivity contribution < 1.29 is 33.2 Å². The summed E-state index contributed by atoms with van der Waals surface area (Å²) in [6.45, 7) is 4.19. The highest BCUT2D eigenvalue weighted by atomic mass is 16.6.